The molecule has 0 heterocycles. The highest BCUT2D eigenvalue weighted by Crippen LogP contribution is 2.11. The monoisotopic (exact) mass is 765 g/mol. The first-order valence-electron chi connectivity index (χ1n) is 21.9. The van der Waals surface area contributed by atoms with Gasteiger partial charge in [-0.15, -0.1) is 0 Å². The topological polar surface area (TPSA) is 220 Å². The molecule has 0 aromatic rings. The fourth-order valence-corrected chi connectivity index (χ4v) is 6.40. The number of allylic oxidation sites excluding steroid dienone is 2. The number of carbonyl (C=O) groups excluding carboxylic acids is 4. The van der Waals surface area contributed by atoms with E-state index in [0.29, 0.717) is 71.1 Å². The van der Waals surface area contributed by atoms with Gasteiger partial charge in [0.1, 0.15) is 12.1 Å². The van der Waals surface area contributed by atoms with Crippen molar-refractivity contribution in [2.24, 2.45) is 22.9 Å². The van der Waals surface area contributed by atoms with Crippen molar-refractivity contribution in [3.05, 3.63) is 12.2 Å². The molecule has 12 N–H and O–H groups in total. The second kappa shape index (κ2) is 37.4. The normalized spacial score (nSPS) is 13.7. The largest absolute Gasteiger partial charge is 0.354 e. The number of carbonyl (C=O) groups is 4. The van der Waals surface area contributed by atoms with Crippen LogP contribution in [0.1, 0.15) is 181 Å². The number of nitrogens with one attached hydrogen (secondary N) is 4. The summed E-state index contributed by atoms with van der Waals surface area (Å²) in [5, 5.41) is 11.8. The first kappa shape index (κ1) is 51.5. The van der Waals surface area contributed by atoms with Crippen molar-refractivity contribution >= 4 is 23.6 Å². The average molecular weight is 765 g/mol. The highest BCUT2D eigenvalue weighted by atomic mass is 16.2. The number of nitrogens with two attached hydrogens (primary N) is 4. The first-order valence-corrected chi connectivity index (χ1v) is 21.9. The highest BCUT2D eigenvalue weighted by Gasteiger charge is 2.27. The molecule has 0 fully saturated rings. The van der Waals surface area contributed by atoms with Crippen LogP contribution in [0.2, 0.25) is 0 Å². The van der Waals surface area contributed by atoms with Crippen LogP contribution in [0.4, 0.5) is 0 Å². The lowest BCUT2D eigenvalue weighted by Crippen LogP contribution is -2.55. The molecule has 0 radical (unpaired) electrons. The molecule has 54 heavy (non-hydrogen) atoms. The molecule has 0 bridgehead atoms. The lowest BCUT2D eigenvalue weighted by Gasteiger charge is -2.24. The summed E-state index contributed by atoms with van der Waals surface area (Å²) in [5.74, 6) is -0.950. The molecule has 0 saturated heterocycles. The first-order chi connectivity index (χ1) is 26.2. The van der Waals surface area contributed by atoms with E-state index >= 15 is 0 Å². The van der Waals surface area contributed by atoms with E-state index in [2.05, 4.69) is 40.3 Å². The molecule has 4 atom stereocenters. The van der Waals surface area contributed by atoms with Crippen LogP contribution in [-0.2, 0) is 19.2 Å². The van der Waals surface area contributed by atoms with E-state index in [1.54, 1.807) is 0 Å². The molecule has 0 saturated carbocycles. The Labute approximate surface area is 329 Å². The molecule has 316 valence electrons. The van der Waals surface area contributed by atoms with Gasteiger partial charge < -0.3 is 44.2 Å². The van der Waals surface area contributed by atoms with Gasteiger partial charge >= 0.3 is 0 Å². The van der Waals surface area contributed by atoms with Crippen LogP contribution in [0.25, 0.3) is 0 Å². The predicted molar refractivity (Wildman–Crippen MR) is 224 cm³/mol. The van der Waals surface area contributed by atoms with Gasteiger partial charge in [0.05, 0.1) is 6.04 Å². The number of unbranched alkanes of at least 4 members (excludes halogenated alkanes) is 15. The fraction of sp³-hybridized carbons (Fsp3) is 0.857. The Morgan fingerprint density at radius 1 is 0.519 bits per heavy atom. The van der Waals surface area contributed by atoms with E-state index in [-0.39, 0.29) is 17.9 Å². The van der Waals surface area contributed by atoms with E-state index in [9.17, 15) is 19.2 Å². The van der Waals surface area contributed by atoms with Gasteiger partial charge in [-0.1, -0.05) is 76.9 Å². The van der Waals surface area contributed by atoms with Gasteiger partial charge in [-0.2, -0.15) is 0 Å². The summed E-state index contributed by atoms with van der Waals surface area (Å²) in [6.07, 6.45) is 29.4. The standard InChI is InChI=1S/C42H84N8O4/c1-3-4-5-6-7-8-9-10-11-12-13-14-15-16-17-30-39(51)48-35(2)26-21-25-34-47-41(53)37(28-19-23-32-44)50-42(54)38(29-20-24-33-45)49-40(52)36(46)27-18-22-31-43/h10-11,35-38H,3-9,12-34,43-46H2,1-2H3,(H,47,53)(H,48,51)(H,49,52)(H,50,54). The Balaban J connectivity index is 4.45. The maximum Gasteiger partial charge on any atom is 0.243 e. The third-order valence-corrected chi connectivity index (χ3v) is 9.90. The molecular weight excluding hydrogens is 681 g/mol. The summed E-state index contributed by atoms with van der Waals surface area (Å²) in [4.78, 5) is 51.8. The molecule has 4 unspecified atom stereocenters. The Hall–Kier alpha value is -2.54. The summed E-state index contributed by atoms with van der Waals surface area (Å²) in [7, 11) is 0. The third-order valence-electron chi connectivity index (χ3n) is 9.90. The maximum atomic E-state index is 13.4. The van der Waals surface area contributed by atoms with Crippen LogP contribution in [0.5, 0.6) is 0 Å². The van der Waals surface area contributed by atoms with Crippen molar-refractivity contribution in [3.8, 4) is 0 Å². The average Bonchev–Trinajstić information content (AvgIpc) is 3.15. The molecule has 4 amide bonds. The molecule has 12 nitrogen and oxygen atoms in total. The van der Waals surface area contributed by atoms with Gasteiger partial charge in [0, 0.05) is 19.0 Å². The predicted octanol–water partition coefficient (Wildman–Crippen LogP) is 5.50. The van der Waals surface area contributed by atoms with E-state index in [0.717, 1.165) is 57.8 Å². The van der Waals surface area contributed by atoms with E-state index < -0.39 is 29.9 Å². The van der Waals surface area contributed by atoms with Gasteiger partial charge in [0.15, 0.2) is 0 Å². The van der Waals surface area contributed by atoms with E-state index in [1.165, 1.54) is 64.2 Å². The van der Waals surface area contributed by atoms with Crippen molar-refractivity contribution in [2.45, 2.75) is 205 Å². The molecule has 0 aliphatic rings. The molecular formula is C42H84N8O4. The molecule has 12 heteroatoms. The van der Waals surface area contributed by atoms with E-state index in [1.807, 2.05) is 6.92 Å². The maximum absolute atomic E-state index is 13.4. The molecule has 0 aliphatic carbocycles. The van der Waals surface area contributed by atoms with Gasteiger partial charge in [0.25, 0.3) is 0 Å². The molecule has 0 aliphatic heterocycles. The number of rotatable bonds is 38. The molecule has 0 aromatic heterocycles. The zero-order valence-corrected chi connectivity index (χ0v) is 34.6. The van der Waals surface area contributed by atoms with Crippen LogP contribution in [0.15, 0.2) is 12.2 Å². The Morgan fingerprint density at radius 3 is 1.57 bits per heavy atom. The minimum absolute atomic E-state index is 0.0693. The zero-order valence-electron chi connectivity index (χ0n) is 34.6. The lowest BCUT2D eigenvalue weighted by molar-refractivity contribution is -0.132. The number of hydrogen-bond acceptors (Lipinski definition) is 8. The van der Waals surface area contributed by atoms with Crippen molar-refractivity contribution in [1.29, 1.82) is 0 Å². The summed E-state index contributed by atoms with van der Waals surface area (Å²) in [6, 6.07) is -2.23. The third kappa shape index (κ3) is 30.7. The minimum Gasteiger partial charge on any atom is -0.354 e. The van der Waals surface area contributed by atoms with Crippen LogP contribution < -0.4 is 44.2 Å². The summed E-state index contributed by atoms with van der Waals surface area (Å²) in [5.41, 5.74) is 23.0. The fourth-order valence-electron chi connectivity index (χ4n) is 6.40. The SMILES string of the molecule is CCCCCCCCC=CCCCCCCCC(=O)NC(C)CCCCNC(=O)C(CCCCN)NC(=O)C(CCCCN)NC(=O)C(N)CCCCN. The van der Waals surface area contributed by atoms with Crippen molar-refractivity contribution in [3.63, 3.8) is 0 Å². The van der Waals surface area contributed by atoms with Crippen LogP contribution in [0.3, 0.4) is 0 Å². The van der Waals surface area contributed by atoms with Gasteiger partial charge in [-0.05, 0) is 129 Å². The Kier molecular flexibility index (Phi) is 35.6. The van der Waals surface area contributed by atoms with Crippen molar-refractivity contribution < 1.29 is 19.2 Å². The van der Waals surface area contributed by atoms with Crippen LogP contribution in [0, 0.1) is 0 Å². The summed E-state index contributed by atoms with van der Waals surface area (Å²) < 4.78 is 0. The van der Waals surface area contributed by atoms with Gasteiger partial charge in [-0.25, -0.2) is 0 Å². The quantitative estimate of drug-likeness (QED) is 0.0296. The smallest absolute Gasteiger partial charge is 0.243 e. The van der Waals surface area contributed by atoms with Gasteiger partial charge in [0.2, 0.25) is 23.6 Å². The Morgan fingerprint density at radius 2 is 1.00 bits per heavy atom. The molecule has 0 aromatic carbocycles. The molecule has 0 spiro atoms. The Bertz CT molecular complexity index is 967. The van der Waals surface area contributed by atoms with Crippen LogP contribution >= 0.6 is 0 Å². The second-order valence-electron chi connectivity index (χ2n) is 15.2. The van der Waals surface area contributed by atoms with E-state index in [4.69, 9.17) is 22.9 Å². The van der Waals surface area contributed by atoms with Crippen molar-refractivity contribution in [2.75, 3.05) is 26.2 Å². The lowest BCUT2D eigenvalue weighted by atomic mass is 10.0. The second-order valence-corrected chi connectivity index (χ2v) is 15.2. The molecule has 0 rings (SSSR count). The van der Waals surface area contributed by atoms with Crippen molar-refractivity contribution in [1.82, 2.24) is 21.3 Å². The zero-order chi connectivity index (χ0) is 40.1. The number of amides is 4. The van der Waals surface area contributed by atoms with Gasteiger partial charge in [-0.3, -0.25) is 19.2 Å². The van der Waals surface area contributed by atoms with Crippen LogP contribution in [-0.4, -0.2) is 74.0 Å². The highest BCUT2D eigenvalue weighted by molar-refractivity contribution is 5.93. The number of hydrogen-bond donors (Lipinski definition) is 8. The summed E-state index contributed by atoms with van der Waals surface area (Å²) in [6.45, 7) is 6.25. The minimum atomic E-state index is -0.817. The summed E-state index contributed by atoms with van der Waals surface area (Å²) >= 11 is 0.